The van der Waals surface area contributed by atoms with Gasteiger partial charge in [0.1, 0.15) is 0 Å². The predicted molar refractivity (Wildman–Crippen MR) is 71.8 cm³/mol. The average molecular weight is 269 g/mol. The van der Waals surface area contributed by atoms with E-state index in [2.05, 4.69) is 10.2 Å². The number of hydrogen-bond donors (Lipinski definition) is 2. The molecule has 0 spiro atoms. The Hall–Kier alpha value is -1.10. The van der Waals surface area contributed by atoms with E-state index in [1.54, 1.807) is 12.1 Å². The van der Waals surface area contributed by atoms with Crippen molar-refractivity contribution in [2.45, 2.75) is 18.9 Å². The number of benzene rings is 1. The molecule has 1 aliphatic heterocycles. The van der Waals surface area contributed by atoms with E-state index in [-0.39, 0.29) is 12.0 Å². The molecule has 0 aromatic heterocycles. The van der Waals surface area contributed by atoms with Crippen LogP contribution < -0.4 is 5.32 Å². The third-order valence-electron chi connectivity index (χ3n) is 3.05. The van der Waals surface area contributed by atoms with Crippen molar-refractivity contribution in [3.63, 3.8) is 0 Å². The van der Waals surface area contributed by atoms with Gasteiger partial charge in [0.05, 0.1) is 16.8 Å². The maximum atomic E-state index is 11.7. The number of aliphatic hydroxyl groups excluding tert-OH is 1. The zero-order valence-electron chi connectivity index (χ0n) is 10.1. The lowest BCUT2D eigenvalue weighted by Crippen LogP contribution is -2.26. The highest BCUT2D eigenvalue weighted by atomic mass is 35.5. The summed E-state index contributed by atoms with van der Waals surface area (Å²) in [7, 11) is 0. The number of nitrogens with zero attached hydrogens (tertiary/aromatic N) is 1. The van der Waals surface area contributed by atoms with E-state index >= 15 is 0 Å². The largest absolute Gasteiger partial charge is 0.392 e. The molecule has 0 bridgehead atoms. The van der Waals surface area contributed by atoms with Crippen LogP contribution in [0.25, 0.3) is 0 Å². The summed E-state index contributed by atoms with van der Waals surface area (Å²) in [6.45, 7) is 2.20. The van der Waals surface area contributed by atoms with Crippen LogP contribution in [-0.2, 0) is 4.79 Å². The van der Waals surface area contributed by atoms with E-state index in [9.17, 15) is 9.90 Å². The van der Waals surface area contributed by atoms with Crippen LogP contribution in [-0.4, -0.2) is 41.7 Å². The number of anilines is 1. The van der Waals surface area contributed by atoms with E-state index in [4.69, 9.17) is 11.6 Å². The summed E-state index contributed by atoms with van der Waals surface area (Å²) in [5.74, 6) is -0.0514. The van der Waals surface area contributed by atoms with Crippen molar-refractivity contribution in [2.75, 3.05) is 25.0 Å². The van der Waals surface area contributed by atoms with Crippen LogP contribution in [0.15, 0.2) is 24.3 Å². The van der Waals surface area contributed by atoms with Crippen LogP contribution >= 0.6 is 11.6 Å². The number of hydrogen-bond acceptors (Lipinski definition) is 3. The van der Waals surface area contributed by atoms with Gasteiger partial charge in [-0.3, -0.25) is 4.79 Å². The normalized spacial score (nSPS) is 20.0. The number of carbonyl (C=O) groups is 1. The van der Waals surface area contributed by atoms with Crippen molar-refractivity contribution in [1.82, 2.24) is 4.90 Å². The Labute approximate surface area is 112 Å². The molecule has 1 atom stereocenters. The van der Waals surface area contributed by atoms with Crippen LogP contribution in [0.3, 0.4) is 0 Å². The molecule has 0 saturated carbocycles. The van der Waals surface area contributed by atoms with Gasteiger partial charge in [0.2, 0.25) is 5.91 Å². The smallest absolute Gasteiger partial charge is 0.225 e. The molecule has 1 aromatic carbocycles. The minimum absolute atomic E-state index is 0.0514. The number of halogens is 1. The van der Waals surface area contributed by atoms with Crippen molar-refractivity contribution in [3.8, 4) is 0 Å². The fourth-order valence-corrected chi connectivity index (χ4v) is 2.23. The van der Waals surface area contributed by atoms with Crippen LogP contribution in [0.4, 0.5) is 5.69 Å². The number of rotatable bonds is 4. The van der Waals surface area contributed by atoms with Gasteiger partial charge in [0.25, 0.3) is 0 Å². The van der Waals surface area contributed by atoms with Gasteiger partial charge in [0.15, 0.2) is 0 Å². The van der Waals surface area contributed by atoms with E-state index in [0.29, 0.717) is 30.2 Å². The lowest BCUT2D eigenvalue weighted by atomic mass is 10.3. The monoisotopic (exact) mass is 268 g/mol. The second kappa shape index (κ2) is 6.18. The average Bonchev–Trinajstić information content (AvgIpc) is 2.76. The predicted octanol–water partition coefficient (Wildman–Crippen LogP) is 1.74. The fourth-order valence-electron chi connectivity index (χ4n) is 2.05. The fraction of sp³-hybridized carbons (Fsp3) is 0.462. The van der Waals surface area contributed by atoms with Gasteiger partial charge < -0.3 is 15.3 Å². The van der Waals surface area contributed by atoms with Gasteiger partial charge in [-0.25, -0.2) is 0 Å². The Morgan fingerprint density at radius 2 is 2.28 bits per heavy atom. The Morgan fingerprint density at radius 3 is 2.94 bits per heavy atom. The highest BCUT2D eigenvalue weighted by Crippen LogP contribution is 2.20. The Balaban J connectivity index is 1.77. The molecule has 2 rings (SSSR count). The molecule has 1 saturated heterocycles. The minimum Gasteiger partial charge on any atom is -0.392 e. The molecule has 0 radical (unpaired) electrons. The van der Waals surface area contributed by atoms with Crippen LogP contribution in [0.1, 0.15) is 12.8 Å². The molecule has 98 valence electrons. The van der Waals surface area contributed by atoms with Crippen molar-refractivity contribution in [2.24, 2.45) is 0 Å². The van der Waals surface area contributed by atoms with E-state index < -0.39 is 0 Å². The first kappa shape index (κ1) is 13.3. The maximum absolute atomic E-state index is 11.7. The molecule has 1 unspecified atom stereocenters. The second-order valence-corrected chi connectivity index (χ2v) is 4.93. The topological polar surface area (TPSA) is 52.6 Å². The van der Waals surface area contributed by atoms with Crippen molar-refractivity contribution < 1.29 is 9.90 Å². The zero-order valence-corrected chi connectivity index (χ0v) is 10.9. The zero-order chi connectivity index (χ0) is 13.0. The third-order valence-corrected chi connectivity index (χ3v) is 3.38. The Kier molecular flexibility index (Phi) is 4.58. The number of likely N-dealkylation sites (tertiary alicyclic amines) is 1. The van der Waals surface area contributed by atoms with Crippen LogP contribution in [0, 0.1) is 0 Å². The van der Waals surface area contributed by atoms with Crippen molar-refractivity contribution in [1.29, 1.82) is 0 Å². The summed E-state index contributed by atoms with van der Waals surface area (Å²) in [5.41, 5.74) is 0.644. The van der Waals surface area contributed by atoms with E-state index in [1.807, 2.05) is 12.1 Å². The molecule has 18 heavy (non-hydrogen) atoms. The highest BCUT2D eigenvalue weighted by molar-refractivity contribution is 6.33. The quantitative estimate of drug-likeness (QED) is 0.875. The number of aliphatic hydroxyl groups is 1. The first-order valence-electron chi connectivity index (χ1n) is 6.10. The molecular formula is C13H17ClN2O2. The lowest BCUT2D eigenvalue weighted by Gasteiger charge is -2.14. The van der Waals surface area contributed by atoms with Gasteiger partial charge in [0, 0.05) is 26.1 Å². The molecule has 1 aromatic rings. The summed E-state index contributed by atoms with van der Waals surface area (Å²) in [4.78, 5) is 13.8. The summed E-state index contributed by atoms with van der Waals surface area (Å²) in [6, 6.07) is 7.18. The summed E-state index contributed by atoms with van der Waals surface area (Å²) < 4.78 is 0. The number of β-amino-alcohol motifs (C(OH)–C–C–N with tert-alkyl or cyclic N) is 1. The van der Waals surface area contributed by atoms with Crippen molar-refractivity contribution >= 4 is 23.2 Å². The van der Waals surface area contributed by atoms with Crippen LogP contribution in [0.5, 0.6) is 0 Å². The van der Waals surface area contributed by atoms with Gasteiger partial charge in [-0.15, -0.1) is 0 Å². The Morgan fingerprint density at radius 1 is 1.50 bits per heavy atom. The SMILES string of the molecule is O=C(CCN1CCC(O)C1)Nc1ccccc1Cl. The van der Waals surface area contributed by atoms with Gasteiger partial charge >= 0.3 is 0 Å². The molecule has 2 N–H and O–H groups in total. The molecule has 1 fully saturated rings. The molecule has 4 nitrogen and oxygen atoms in total. The van der Waals surface area contributed by atoms with E-state index in [0.717, 1.165) is 13.0 Å². The maximum Gasteiger partial charge on any atom is 0.225 e. The molecule has 1 aliphatic rings. The number of nitrogens with one attached hydrogen (secondary N) is 1. The summed E-state index contributed by atoms with van der Waals surface area (Å²) in [5, 5.41) is 12.7. The molecule has 5 heteroatoms. The minimum atomic E-state index is -0.239. The third kappa shape index (κ3) is 3.70. The molecular weight excluding hydrogens is 252 g/mol. The summed E-state index contributed by atoms with van der Waals surface area (Å²) >= 11 is 5.96. The van der Waals surface area contributed by atoms with Gasteiger partial charge in [-0.05, 0) is 18.6 Å². The molecule has 0 aliphatic carbocycles. The number of carbonyl (C=O) groups excluding carboxylic acids is 1. The Bertz CT molecular complexity index is 425. The highest BCUT2D eigenvalue weighted by Gasteiger charge is 2.20. The van der Waals surface area contributed by atoms with Crippen LogP contribution in [0.2, 0.25) is 5.02 Å². The molecule has 1 heterocycles. The first-order valence-corrected chi connectivity index (χ1v) is 6.48. The number of amides is 1. The lowest BCUT2D eigenvalue weighted by molar-refractivity contribution is -0.116. The van der Waals surface area contributed by atoms with E-state index in [1.165, 1.54) is 0 Å². The number of para-hydroxylation sites is 1. The second-order valence-electron chi connectivity index (χ2n) is 4.52. The molecule has 1 amide bonds. The van der Waals surface area contributed by atoms with Crippen molar-refractivity contribution in [3.05, 3.63) is 29.3 Å². The van der Waals surface area contributed by atoms with Gasteiger partial charge in [-0.1, -0.05) is 23.7 Å². The summed E-state index contributed by atoms with van der Waals surface area (Å²) in [6.07, 6.45) is 0.973. The van der Waals surface area contributed by atoms with Gasteiger partial charge in [-0.2, -0.15) is 0 Å². The first-order chi connectivity index (χ1) is 8.65. The standard InChI is InChI=1S/C13H17ClN2O2/c14-11-3-1-2-4-12(11)15-13(18)6-8-16-7-5-10(17)9-16/h1-4,10,17H,5-9H2,(H,15,18).